The Morgan fingerprint density at radius 2 is 1.90 bits per heavy atom. The van der Waals surface area contributed by atoms with Crippen LogP contribution in [0.15, 0.2) is 45.8 Å². The van der Waals surface area contributed by atoms with E-state index in [0.717, 1.165) is 9.87 Å². The number of carbonyl (C=O) groups is 1. The van der Waals surface area contributed by atoms with Crippen molar-refractivity contribution in [2.75, 3.05) is 19.4 Å². The van der Waals surface area contributed by atoms with E-state index in [4.69, 9.17) is 16.1 Å². The van der Waals surface area contributed by atoms with Gasteiger partial charge >= 0.3 is 0 Å². The molecule has 0 bridgehead atoms. The molecule has 0 aliphatic carbocycles. The van der Waals surface area contributed by atoms with E-state index in [1.807, 2.05) is 32.9 Å². The van der Waals surface area contributed by atoms with E-state index in [1.54, 1.807) is 6.07 Å². The molecule has 0 unspecified atom stereocenters. The van der Waals surface area contributed by atoms with Crippen LogP contribution in [0.2, 0.25) is 5.02 Å². The third-order valence-corrected chi connectivity index (χ3v) is 6.80. The van der Waals surface area contributed by atoms with Gasteiger partial charge in [0, 0.05) is 20.0 Å². The number of anilines is 1. The third kappa shape index (κ3) is 4.63. The lowest BCUT2D eigenvalue weighted by atomic mass is 10.1. The van der Waals surface area contributed by atoms with Gasteiger partial charge in [-0.3, -0.25) is 4.79 Å². The topological polar surface area (TPSA) is 105 Å². The minimum absolute atomic E-state index is 0.0319. The average molecular weight is 463 g/mol. The first-order valence-corrected chi connectivity index (χ1v) is 11.3. The minimum atomic E-state index is -3.73. The molecule has 0 saturated carbocycles. The second kappa shape index (κ2) is 8.78. The van der Waals surface area contributed by atoms with E-state index in [2.05, 4.69) is 15.5 Å². The number of sulfonamides is 1. The van der Waals surface area contributed by atoms with Crippen LogP contribution < -0.4 is 5.32 Å². The Morgan fingerprint density at radius 3 is 2.52 bits per heavy atom. The molecule has 1 heterocycles. The lowest BCUT2D eigenvalue weighted by molar-refractivity contribution is 0.102. The molecule has 10 heteroatoms. The number of nitrogens with one attached hydrogen (secondary N) is 1. The maximum absolute atomic E-state index is 13.1. The van der Waals surface area contributed by atoms with Crippen LogP contribution in [-0.4, -0.2) is 42.9 Å². The first kappa shape index (κ1) is 22.9. The van der Waals surface area contributed by atoms with Gasteiger partial charge in [0.15, 0.2) is 5.82 Å². The summed E-state index contributed by atoms with van der Waals surface area (Å²) in [5.74, 6) is 0.358. The second-order valence-electron chi connectivity index (χ2n) is 7.49. The minimum Gasteiger partial charge on any atom is -0.334 e. The second-order valence-corrected chi connectivity index (χ2v) is 10.1. The molecule has 1 N–H and O–H groups in total. The lowest BCUT2D eigenvalue weighted by Crippen LogP contribution is -2.23. The summed E-state index contributed by atoms with van der Waals surface area (Å²) in [4.78, 5) is 17.4. The number of benzene rings is 2. The van der Waals surface area contributed by atoms with Crippen LogP contribution in [0.3, 0.4) is 0 Å². The van der Waals surface area contributed by atoms with Crippen molar-refractivity contribution in [3.05, 3.63) is 58.4 Å². The molecule has 3 aromatic rings. The first-order valence-electron chi connectivity index (χ1n) is 9.49. The summed E-state index contributed by atoms with van der Waals surface area (Å²) in [6, 6.07) is 9.41. The third-order valence-electron chi connectivity index (χ3n) is 4.66. The molecule has 8 nitrogen and oxygen atoms in total. The van der Waals surface area contributed by atoms with E-state index in [0.29, 0.717) is 17.1 Å². The van der Waals surface area contributed by atoms with Crippen molar-refractivity contribution in [1.29, 1.82) is 0 Å². The predicted molar refractivity (Wildman–Crippen MR) is 119 cm³/mol. The summed E-state index contributed by atoms with van der Waals surface area (Å²) in [6.07, 6.45) is 0. The molecule has 2 aromatic carbocycles. The molecule has 0 radical (unpaired) electrons. The van der Waals surface area contributed by atoms with Gasteiger partial charge < -0.3 is 9.84 Å². The van der Waals surface area contributed by atoms with Crippen molar-refractivity contribution < 1.29 is 17.7 Å². The van der Waals surface area contributed by atoms with Gasteiger partial charge in [-0.2, -0.15) is 4.98 Å². The molecule has 164 valence electrons. The summed E-state index contributed by atoms with van der Waals surface area (Å²) in [7, 11) is -0.894. The summed E-state index contributed by atoms with van der Waals surface area (Å²) in [5, 5.41) is 6.93. The molecular weight excluding hydrogens is 440 g/mol. The van der Waals surface area contributed by atoms with Crippen LogP contribution in [0, 0.1) is 6.92 Å². The highest BCUT2D eigenvalue weighted by Crippen LogP contribution is 2.32. The summed E-state index contributed by atoms with van der Waals surface area (Å²) >= 11 is 6.21. The Hall–Kier alpha value is -2.75. The SMILES string of the molecule is Cc1cccc(-c2nc(C(C)C)no2)c1NC(=O)c1cc(S(=O)(=O)N(C)C)ccc1Cl. The smallest absolute Gasteiger partial charge is 0.260 e. The largest absolute Gasteiger partial charge is 0.334 e. The number of carbonyl (C=O) groups excluding carboxylic acids is 1. The maximum atomic E-state index is 13.1. The molecule has 0 aliphatic rings. The van der Waals surface area contributed by atoms with Crippen LogP contribution in [0.5, 0.6) is 0 Å². The monoisotopic (exact) mass is 462 g/mol. The normalized spacial score (nSPS) is 11.9. The van der Waals surface area contributed by atoms with Crippen molar-refractivity contribution >= 4 is 33.2 Å². The van der Waals surface area contributed by atoms with Crippen LogP contribution in [0.25, 0.3) is 11.5 Å². The Bertz CT molecular complexity index is 1240. The maximum Gasteiger partial charge on any atom is 0.260 e. The van der Waals surface area contributed by atoms with E-state index in [-0.39, 0.29) is 27.3 Å². The van der Waals surface area contributed by atoms with Gasteiger partial charge in [-0.1, -0.05) is 42.7 Å². The van der Waals surface area contributed by atoms with E-state index in [1.165, 1.54) is 32.3 Å². The van der Waals surface area contributed by atoms with Crippen LogP contribution in [-0.2, 0) is 10.0 Å². The van der Waals surface area contributed by atoms with Crippen LogP contribution in [0.1, 0.15) is 41.5 Å². The fourth-order valence-corrected chi connectivity index (χ4v) is 3.95. The van der Waals surface area contributed by atoms with E-state index >= 15 is 0 Å². The molecule has 1 aromatic heterocycles. The molecule has 1 amide bonds. The highest BCUT2D eigenvalue weighted by atomic mass is 35.5. The predicted octanol–water partition coefficient (Wildman–Crippen LogP) is 4.32. The fourth-order valence-electron chi connectivity index (χ4n) is 2.82. The van der Waals surface area contributed by atoms with Crippen LogP contribution >= 0.6 is 11.6 Å². The number of amides is 1. The van der Waals surface area contributed by atoms with Crippen molar-refractivity contribution in [1.82, 2.24) is 14.4 Å². The van der Waals surface area contributed by atoms with E-state index < -0.39 is 15.9 Å². The van der Waals surface area contributed by atoms with Crippen LogP contribution in [0.4, 0.5) is 5.69 Å². The van der Waals surface area contributed by atoms with Crippen molar-refractivity contribution in [2.24, 2.45) is 0 Å². The van der Waals surface area contributed by atoms with Gasteiger partial charge in [0.25, 0.3) is 11.8 Å². The van der Waals surface area contributed by atoms with Crippen molar-refractivity contribution in [2.45, 2.75) is 31.6 Å². The van der Waals surface area contributed by atoms with Gasteiger partial charge in [-0.05, 0) is 36.8 Å². The number of hydrogen-bond acceptors (Lipinski definition) is 6. The van der Waals surface area contributed by atoms with Crippen molar-refractivity contribution in [3.8, 4) is 11.5 Å². The fraction of sp³-hybridized carbons (Fsp3) is 0.286. The number of halogens is 1. The van der Waals surface area contributed by atoms with Gasteiger partial charge in [-0.15, -0.1) is 0 Å². The Morgan fingerprint density at radius 1 is 1.19 bits per heavy atom. The van der Waals surface area contributed by atoms with Gasteiger partial charge in [-0.25, -0.2) is 12.7 Å². The lowest BCUT2D eigenvalue weighted by Gasteiger charge is -2.15. The van der Waals surface area contributed by atoms with Gasteiger partial charge in [0.2, 0.25) is 10.0 Å². The molecule has 31 heavy (non-hydrogen) atoms. The van der Waals surface area contributed by atoms with Gasteiger partial charge in [0.1, 0.15) is 0 Å². The average Bonchev–Trinajstić information content (AvgIpc) is 3.20. The molecule has 3 rings (SSSR count). The zero-order valence-corrected chi connectivity index (χ0v) is 19.4. The number of nitrogens with zero attached hydrogens (tertiary/aromatic N) is 3. The zero-order valence-electron chi connectivity index (χ0n) is 17.8. The Kier molecular flexibility index (Phi) is 6.49. The van der Waals surface area contributed by atoms with Gasteiger partial charge in [0.05, 0.1) is 26.7 Å². The zero-order chi connectivity index (χ0) is 22.9. The number of rotatable bonds is 6. The Labute approximate surface area is 186 Å². The Balaban J connectivity index is 2.01. The quantitative estimate of drug-likeness (QED) is 0.584. The highest BCUT2D eigenvalue weighted by molar-refractivity contribution is 7.89. The summed E-state index contributed by atoms with van der Waals surface area (Å²) < 4.78 is 31.4. The number of aryl methyl sites for hydroxylation is 1. The number of para-hydroxylation sites is 1. The molecule has 0 spiro atoms. The number of aromatic nitrogens is 2. The highest BCUT2D eigenvalue weighted by Gasteiger charge is 2.23. The van der Waals surface area contributed by atoms with Crippen molar-refractivity contribution in [3.63, 3.8) is 0 Å². The summed E-state index contributed by atoms with van der Waals surface area (Å²) in [5.41, 5.74) is 1.83. The molecule has 0 atom stereocenters. The summed E-state index contributed by atoms with van der Waals surface area (Å²) in [6.45, 7) is 5.72. The molecule has 0 saturated heterocycles. The molecule has 0 aliphatic heterocycles. The standard InChI is InChI=1S/C21H23ClN4O4S/c1-12(2)19-24-21(30-25-19)15-8-6-7-13(3)18(15)23-20(27)16-11-14(9-10-17(16)22)31(28,29)26(4)5/h6-12H,1-5H3,(H,23,27). The molecule has 0 fully saturated rings. The molecular formula is C21H23ClN4O4S. The first-order chi connectivity index (χ1) is 14.5. The van der Waals surface area contributed by atoms with E-state index in [9.17, 15) is 13.2 Å². The number of hydrogen-bond donors (Lipinski definition) is 1.